The van der Waals surface area contributed by atoms with E-state index in [0.717, 1.165) is 42.4 Å². The van der Waals surface area contributed by atoms with Crippen molar-refractivity contribution in [2.45, 2.75) is 70.4 Å². The van der Waals surface area contributed by atoms with Crippen molar-refractivity contribution >= 4 is 14.4 Å². The molecule has 0 bridgehead atoms. The number of rotatable bonds is 13. The number of para-hydroxylation sites is 1. The first-order valence-electron chi connectivity index (χ1n) is 12.0. The lowest BCUT2D eigenvalue weighted by molar-refractivity contribution is 0.0950. The summed E-state index contributed by atoms with van der Waals surface area (Å²) in [5, 5.41) is 14.0. The molecule has 2 aromatic carbocycles. The van der Waals surface area contributed by atoms with Gasteiger partial charge in [-0.3, -0.25) is 4.79 Å². The first-order valence-corrected chi connectivity index (χ1v) is 13.3. The minimum absolute atomic E-state index is 0.0301. The number of ether oxygens (including phenoxy) is 1. The number of benzene rings is 2. The normalized spacial score (nSPS) is 14.1. The Morgan fingerprint density at radius 2 is 1.85 bits per heavy atom. The molecule has 0 aromatic heterocycles. The van der Waals surface area contributed by atoms with Crippen LogP contribution in [0.5, 0.6) is 11.5 Å². The summed E-state index contributed by atoms with van der Waals surface area (Å²) in [6.45, 7) is 11.8. The fourth-order valence-electron chi connectivity index (χ4n) is 4.27. The molecule has 2 N–H and O–H groups in total. The standard InChI is InChI=1S/C28H42NO3P/c1-8-27(4,5)23-14-13-21(17-26(23)32-7)25(31)18-28(15-16-29-6,19-33-20(2)3)22-11-9-10-12-24(22)30/h9-14,17,20,29-30,33H,8,15-16,18-19H2,1-7H3. The SMILES string of the molecule is CCC(C)(C)c1ccc(C(=O)CC(CCNC)(CPC(C)C)c2ccccc2O)cc1OC. The van der Waals surface area contributed by atoms with Crippen LogP contribution in [-0.4, -0.2) is 43.4 Å². The molecule has 0 aliphatic rings. The van der Waals surface area contributed by atoms with Gasteiger partial charge in [0.05, 0.1) is 7.11 Å². The van der Waals surface area contributed by atoms with Gasteiger partial charge in [0.2, 0.25) is 0 Å². The van der Waals surface area contributed by atoms with Gasteiger partial charge in [0.25, 0.3) is 0 Å². The highest BCUT2D eigenvalue weighted by Crippen LogP contribution is 2.43. The van der Waals surface area contributed by atoms with Gasteiger partial charge < -0.3 is 15.2 Å². The highest BCUT2D eigenvalue weighted by Gasteiger charge is 2.37. The second-order valence-corrected chi connectivity index (χ2v) is 11.9. The predicted octanol–water partition coefficient (Wildman–Crippen LogP) is 6.30. The molecular weight excluding hydrogens is 429 g/mol. The molecule has 2 atom stereocenters. The Balaban J connectivity index is 2.50. The Morgan fingerprint density at radius 3 is 2.42 bits per heavy atom. The van der Waals surface area contributed by atoms with Crippen molar-refractivity contribution in [1.29, 1.82) is 0 Å². The monoisotopic (exact) mass is 471 g/mol. The first kappa shape index (κ1) is 27.3. The van der Waals surface area contributed by atoms with Crippen molar-refractivity contribution in [3.05, 3.63) is 59.2 Å². The Kier molecular flexibility index (Phi) is 9.94. The Bertz CT molecular complexity index is 925. The molecule has 2 unspecified atom stereocenters. The third-order valence-corrected chi connectivity index (χ3v) is 8.51. The fraction of sp³-hybridized carbons (Fsp3) is 0.536. The third-order valence-electron chi connectivity index (χ3n) is 6.81. The number of hydrogen-bond acceptors (Lipinski definition) is 4. The van der Waals surface area contributed by atoms with E-state index in [2.05, 4.69) is 39.9 Å². The van der Waals surface area contributed by atoms with Crippen molar-refractivity contribution in [2.24, 2.45) is 0 Å². The van der Waals surface area contributed by atoms with Gasteiger partial charge >= 0.3 is 0 Å². The summed E-state index contributed by atoms with van der Waals surface area (Å²) in [7, 11) is 4.30. The molecule has 0 saturated heterocycles. The Labute approximate surface area is 202 Å². The average molecular weight is 472 g/mol. The Hall–Kier alpha value is -1.90. The average Bonchev–Trinajstić information content (AvgIpc) is 2.80. The topological polar surface area (TPSA) is 58.6 Å². The maximum Gasteiger partial charge on any atom is 0.163 e. The zero-order valence-electron chi connectivity index (χ0n) is 21.4. The highest BCUT2D eigenvalue weighted by atomic mass is 31.1. The molecule has 0 saturated carbocycles. The van der Waals surface area contributed by atoms with Crippen LogP contribution in [0.25, 0.3) is 0 Å². The molecule has 0 radical (unpaired) electrons. The Morgan fingerprint density at radius 1 is 1.15 bits per heavy atom. The number of hydrogen-bond donors (Lipinski definition) is 2. The van der Waals surface area contributed by atoms with Gasteiger partial charge in [-0.25, -0.2) is 0 Å². The molecule has 0 spiro atoms. The summed E-state index contributed by atoms with van der Waals surface area (Å²) in [6, 6.07) is 13.4. The minimum atomic E-state index is -0.428. The second-order valence-electron chi connectivity index (χ2n) is 9.94. The van der Waals surface area contributed by atoms with Crippen LogP contribution in [0.15, 0.2) is 42.5 Å². The lowest BCUT2D eigenvalue weighted by atomic mass is 9.73. The van der Waals surface area contributed by atoms with Gasteiger partial charge in [0.1, 0.15) is 11.5 Å². The van der Waals surface area contributed by atoms with E-state index in [-0.39, 0.29) is 16.9 Å². The van der Waals surface area contributed by atoms with Crippen molar-refractivity contribution in [1.82, 2.24) is 5.32 Å². The van der Waals surface area contributed by atoms with Crippen LogP contribution in [-0.2, 0) is 10.8 Å². The molecular formula is C28H42NO3P. The molecule has 0 amide bonds. The maximum absolute atomic E-state index is 13.7. The van der Waals surface area contributed by atoms with Gasteiger partial charge in [-0.2, -0.15) is 0 Å². The van der Waals surface area contributed by atoms with Gasteiger partial charge in [0.15, 0.2) is 5.78 Å². The fourth-order valence-corrected chi connectivity index (χ4v) is 5.57. The first-order chi connectivity index (χ1) is 15.6. The molecule has 5 heteroatoms. The van der Waals surface area contributed by atoms with E-state index in [4.69, 9.17) is 4.74 Å². The zero-order valence-corrected chi connectivity index (χ0v) is 22.4. The molecule has 0 aliphatic heterocycles. The summed E-state index contributed by atoms with van der Waals surface area (Å²) in [5.74, 6) is 1.12. The van der Waals surface area contributed by atoms with Gasteiger partial charge in [0, 0.05) is 23.0 Å². The van der Waals surface area contributed by atoms with Gasteiger partial charge in [-0.1, -0.05) is 65.0 Å². The van der Waals surface area contributed by atoms with Crippen LogP contribution in [0.3, 0.4) is 0 Å². The zero-order chi connectivity index (χ0) is 24.6. The molecule has 4 nitrogen and oxygen atoms in total. The number of nitrogens with one attached hydrogen (secondary N) is 1. The van der Waals surface area contributed by atoms with E-state index in [1.54, 1.807) is 13.2 Å². The quantitative estimate of drug-likeness (QED) is 0.266. The number of Topliss-reactive ketones (excluding diaryl/α,β-unsaturated/α-hetero) is 1. The lowest BCUT2D eigenvalue weighted by Crippen LogP contribution is -2.35. The number of phenols is 1. The third kappa shape index (κ3) is 6.80. The van der Waals surface area contributed by atoms with E-state index in [1.807, 2.05) is 43.4 Å². The van der Waals surface area contributed by atoms with Crippen molar-refractivity contribution < 1.29 is 14.6 Å². The molecule has 2 aromatic rings. The van der Waals surface area contributed by atoms with Crippen LogP contribution < -0.4 is 10.1 Å². The van der Waals surface area contributed by atoms with E-state index >= 15 is 0 Å². The number of carbonyl (C=O) groups excluding carboxylic acids is 1. The number of methoxy groups -OCH3 is 1. The summed E-state index contributed by atoms with van der Waals surface area (Å²) >= 11 is 0. The second kappa shape index (κ2) is 12.0. The van der Waals surface area contributed by atoms with Crippen LogP contribution in [0.4, 0.5) is 0 Å². The largest absolute Gasteiger partial charge is 0.508 e. The summed E-state index contributed by atoms with van der Waals surface area (Å²) in [6.07, 6.45) is 2.98. The summed E-state index contributed by atoms with van der Waals surface area (Å²) in [4.78, 5) is 13.7. The van der Waals surface area contributed by atoms with Crippen LogP contribution in [0, 0.1) is 0 Å². The smallest absolute Gasteiger partial charge is 0.163 e. The maximum atomic E-state index is 13.7. The van der Waals surface area contributed by atoms with E-state index in [0.29, 0.717) is 26.2 Å². The summed E-state index contributed by atoms with van der Waals surface area (Å²) < 4.78 is 5.70. The number of aromatic hydroxyl groups is 1. The minimum Gasteiger partial charge on any atom is -0.508 e. The molecule has 33 heavy (non-hydrogen) atoms. The molecule has 2 rings (SSSR count). The van der Waals surface area contributed by atoms with Crippen molar-refractivity contribution in [3.8, 4) is 11.5 Å². The van der Waals surface area contributed by atoms with Crippen LogP contribution >= 0.6 is 8.58 Å². The lowest BCUT2D eigenvalue weighted by Gasteiger charge is -2.35. The number of ketones is 1. The van der Waals surface area contributed by atoms with E-state index in [1.165, 1.54) is 0 Å². The van der Waals surface area contributed by atoms with Gasteiger partial charge in [-0.15, -0.1) is 8.58 Å². The highest BCUT2D eigenvalue weighted by molar-refractivity contribution is 7.38. The molecule has 0 aliphatic carbocycles. The summed E-state index contributed by atoms with van der Waals surface area (Å²) in [5.41, 5.74) is 2.74. The molecule has 0 heterocycles. The number of phenolic OH excluding ortho intramolecular Hbond substituents is 1. The van der Waals surface area contributed by atoms with E-state index in [9.17, 15) is 9.90 Å². The molecule has 0 fully saturated rings. The van der Waals surface area contributed by atoms with Crippen molar-refractivity contribution in [2.75, 3.05) is 26.9 Å². The van der Waals surface area contributed by atoms with Crippen LogP contribution in [0.2, 0.25) is 0 Å². The van der Waals surface area contributed by atoms with E-state index < -0.39 is 5.41 Å². The predicted molar refractivity (Wildman–Crippen MR) is 142 cm³/mol. The van der Waals surface area contributed by atoms with Gasteiger partial charge in [-0.05, 0) is 61.4 Å². The van der Waals surface area contributed by atoms with Crippen LogP contribution in [0.1, 0.15) is 75.4 Å². The number of carbonyl (C=O) groups is 1. The van der Waals surface area contributed by atoms with Crippen molar-refractivity contribution in [3.63, 3.8) is 0 Å². The molecule has 182 valence electrons.